The Morgan fingerprint density at radius 2 is 1.96 bits per heavy atom. The monoisotopic (exact) mass is 385 g/mol. The molecule has 0 aromatic carbocycles. The van der Waals surface area contributed by atoms with Gasteiger partial charge in [0.15, 0.2) is 11.3 Å². The lowest BCUT2D eigenvalue weighted by atomic mass is 9.97. The van der Waals surface area contributed by atoms with Gasteiger partial charge >= 0.3 is 0 Å². The molecule has 0 radical (unpaired) electrons. The van der Waals surface area contributed by atoms with Crippen molar-refractivity contribution in [2.24, 2.45) is 5.73 Å². The maximum atomic E-state index is 12.9. The van der Waals surface area contributed by atoms with Crippen LogP contribution >= 0.6 is 11.3 Å². The van der Waals surface area contributed by atoms with Crippen molar-refractivity contribution < 1.29 is 9.59 Å². The molecule has 0 aliphatic carbocycles. The third-order valence-electron chi connectivity index (χ3n) is 4.83. The Morgan fingerprint density at radius 1 is 1.22 bits per heavy atom. The molecule has 0 unspecified atom stereocenters. The van der Waals surface area contributed by atoms with Gasteiger partial charge in [0.1, 0.15) is 5.69 Å². The van der Waals surface area contributed by atoms with Gasteiger partial charge in [0.25, 0.3) is 11.8 Å². The van der Waals surface area contributed by atoms with E-state index in [1.165, 1.54) is 11.3 Å². The number of primary amides is 1. The van der Waals surface area contributed by atoms with Crippen LogP contribution in [0.15, 0.2) is 11.4 Å². The van der Waals surface area contributed by atoms with E-state index in [0.29, 0.717) is 35.8 Å². The predicted octanol–water partition coefficient (Wildman–Crippen LogP) is 1.32. The third-order valence-corrected chi connectivity index (χ3v) is 5.84. The van der Waals surface area contributed by atoms with Crippen molar-refractivity contribution in [2.75, 3.05) is 13.1 Å². The third kappa shape index (κ3) is 3.16. The standard InChI is InChI=1S/C17H19N7O2S/c1-9-7-13-20-21-14(10(2)24(13)22-9)17(26)23-5-3-11(4-6-23)16-19-12(8-27-16)15(18)25/h7-8,11H,3-6H2,1-2H3,(H2,18,25). The molecule has 4 rings (SSSR count). The number of aromatic nitrogens is 5. The minimum Gasteiger partial charge on any atom is -0.364 e. The fourth-order valence-corrected chi connectivity index (χ4v) is 4.32. The number of nitrogens with zero attached hydrogens (tertiary/aromatic N) is 6. The van der Waals surface area contributed by atoms with Crippen molar-refractivity contribution in [3.63, 3.8) is 0 Å². The molecule has 2 amide bonds. The molecule has 1 aliphatic rings. The van der Waals surface area contributed by atoms with Gasteiger partial charge in [0, 0.05) is 30.5 Å². The topological polar surface area (TPSA) is 119 Å². The zero-order valence-electron chi connectivity index (χ0n) is 15.0. The molecule has 1 fully saturated rings. The van der Waals surface area contributed by atoms with Gasteiger partial charge < -0.3 is 10.6 Å². The molecule has 0 saturated carbocycles. The summed E-state index contributed by atoms with van der Waals surface area (Å²) in [6.07, 6.45) is 1.57. The van der Waals surface area contributed by atoms with Gasteiger partial charge in [0.05, 0.1) is 16.4 Å². The summed E-state index contributed by atoms with van der Waals surface area (Å²) in [6.45, 7) is 4.91. The fourth-order valence-electron chi connectivity index (χ4n) is 3.34. The summed E-state index contributed by atoms with van der Waals surface area (Å²) < 4.78 is 1.66. The first-order chi connectivity index (χ1) is 12.9. The number of fused-ring (bicyclic) bond motifs is 1. The first-order valence-electron chi connectivity index (χ1n) is 8.68. The number of likely N-dealkylation sites (tertiary alicyclic amines) is 1. The molecule has 4 heterocycles. The van der Waals surface area contributed by atoms with Crippen LogP contribution in [0.1, 0.15) is 56.1 Å². The van der Waals surface area contributed by atoms with E-state index in [4.69, 9.17) is 5.73 Å². The zero-order valence-corrected chi connectivity index (χ0v) is 15.9. The number of hydrogen-bond donors (Lipinski definition) is 1. The predicted molar refractivity (Wildman–Crippen MR) is 98.8 cm³/mol. The highest BCUT2D eigenvalue weighted by Gasteiger charge is 2.29. The molecule has 3 aromatic rings. The summed E-state index contributed by atoms with van der Waals surface area (Å²) in [4.78, 5) is 30.2. The second kappa shape index (κ2) is 6.69. The lowest BCUT2D eigenvalue weighted by Gasteiger charge is -2.31. The van der Waals surface area contributed by atoms with Crippen molar-refractivity contribution in [2.45, 2.75) is 32.6 Å². The number of carbonyl (C=O) groups is 2. The molecule has 2 N–H and O–H groups in total. The zero-order chi connectivity index (χ0) is 19.1. The van der Waals surface area contributed by atoms with Crippen LogP contribution in [0.2, 0.25) is 0 Å². The number of aryl methyl sites for hydroxylation is 2. The smallest absolute Gasteiger partial charge is 0.276 e. The summed E-state index contributed by atoms with van der Waals surface area (Å²) >= 11 is 1.45. The average molecular weight is 385 g/mol. The Labute approximate surface area is 159 Å². The minimum atomic E-state index is -0.511. The number of amides is 2. The van der Waals surface area contributed by atoms with Crippen LogP contribution in [0.5, 0.6) is 0 Å². The van der Waals surface area contributed by atoms with E-state index in [1.54, 1.807) is 14.8 Å². The average Bonchev–Trinajstić information content (AvgIpc) is 3.28. The lowest BCUT2D eigenvalue weighted by molar-refractivity contribution is 0.0704. The molecular formula is C17H19N7O2S. The molecule has 9 nitrogen and oxygen atoms in total. The van der Waals surface area contributed by atoms with Crippen molar-refractivity contribution in [1.29, 1.82) is 0 Å². The maximum absolute atomic E-state index is 12.9. The van der Waals surface area contributed by atoms with Gasteiger partial charge in [0.2, 0.25) is 0 Å². The van der Waals surface area contributed by atoms with E-state index >= 15 is 0 Å². The van der Waals surface area contributed by atoms with Gasteiger partial charge in [-0.15, -0.1) is 21.5 Å². The van der Waals surface area contributed by atoms with Gasteiger partial charge in [-0.1, -0.05) is 0 Å². The first kappa shape index (κ1) is 17.5. The van der Waals surface area contributed by atoms with E-state index in [1.807, 2.05) is 19.9 Å². The van der Waals surface area contributed by atoms with E-state index in [-0.39, 0.29) is 11.8 Å². The molecule has 1 aliphatic heterocycles. The lowest BCUT2D eigenvalue weighted by Crippen LogP contribution is -2.39. The second-order valence-electron chi connectivity index (χ2n) is 6.69. The number of thiazole rings is 1. The molecule has 1 saturated heterocycles. The van der Waals surface area contributed by atoms with Gasteiger partial charge in [-0.25, -0.2) is 9.50 Å². The molecule has 0 spiro atoms. The second-order valence-corrected chi connectivity index (χ2v) is 7.58. The molecular weight excluding hydrogens is 366 g/mol. The summed E-state index contributed by atoms with van der Waals surface area (Å²) in [5, 5.41) is 15.2. The van der Waals surface area contributed by atoms with Crippen LogP contribution in [-0.2, 0) is 0 Å². The van der Waals surface area contributed by atoms with E-state index in [0.717, 1.165) is 23.5 Å². The fraction of sp³-hybridized carbons (Fsp3) is 0.412. The number of piperidine rings is 1. The Bertz CT molecular complexity index is 1030. The van der Waals surface area contributed by atoms with Crippen LogP contribution in [0.25, 0.3) is 5.65 Å². The summed E-state index contributed by atoms with van der Waals surface area (Å²) in [5.41, 5.74) is 8.06. The van der Waals surface area contributed by atoms with Crippen LogP contribution < -0.4 is 5.73 Å². The van der Waals surface area contributed by atoms with Gasteiger partial charge in [-0.2, -0.15) is 5.10 Å². The Hall–Kier alpha value is -2.88. The van der Waals surface area contributed by atoms with Crippen molar-refractivity contribution in [3.05, 3.63) is 39.2 Å². The molecule has 0 atom stereocenters. The van der Waals surface area contributed by atoms with Crippen LogP contribution in [0, 0.1) is 13.8 Å². The molecule has 27 heavy (non-hydrogen) atoms. The van der Waals surface area contributed by atoms with Crippen LogP contribution in [0.4, 0.5) is 0 Å². The molecule has 0 bridgehead atoms. The number of nitrogens with two attached hydrogens (primary N) is 1. The minimum absolute atomic E-state index is 0.134. The van der Waals surface area contributed by atoms with Crippen molar-refractivity contribution in [1.82, 2.24) is 29.7 Å². The highest BCUT2D eigenvalue weighted by Crippen LogP contribution is 2.30. The van der Waals surface area contributed by atoms with E-state index in [9.17, 15) is 9.59 Å². The number of carbonyl (C=O) groups excluding carboxylic acids is 2. The number of rotatable bonds is 3. The quantitative estimate of drug-likeness (QED) is 0.726. The normalized spacial score (nSPS) is 15.4. The Kier molecular flexibility index (Phi) is 4.34. The summed E-state index contributed by atoms with van der Waals surface area (Å²) in [6, 6.07) is 1.83. The van der Waals surface area contributed by atoms with E-state index in [2.05, 4.69) is 20.3 Å². The van der Waals surface area contributed by atoms with Crippen LogP contribution in [-0.4, -0.2) is 54.6 Å². The molecule has 10 heteroatoms. The SMILES string of the molecule is Cc1cc2nnc(C(=O)N3CCC(c4nc(C(N)=O)cs4)CC3)c(C)n2n1. The van der Waals surface area contributed by atoms with Crippen molar-refractivity contribution in [3.8, 4) is 0 Å². The first-order valence-corrected chi connectivity index (χ1v) is 9.56. The van der Waals surface area contributed by atoms with Crippen LogP contribution in [0.3, 0.4) is 0 Å². The summed E-state index contributed by atoms with van der Waals surface area (Å²) in [7, 11) is 0. The highest BCUT2D eigenvalue weighted by atomic mass is 32.1. The van der Waals surface area contributed by atoms with Crippen molar-refractivity contribution >= 4 is 28.8 Å². The maximum Gasteiger partial charge on any atom is 0.276 e. The Balaban J connectivity index is 1.48. The number of hydrogen-bond acceptors (Lipinski definition) is 7. The molecule has 3 aromatic heterocycles. The molecule has 140 valence electrons. The van der Waals surface area contributed by atoms with Gasteiger partial charge in [-0.05, 0) is 26.7 Å². The van der Waals surface area contributed by atoms with E-state index < -0.39 is 5.91 Å². The Morgan fingerprint density at radius 3 is 2.63 bits per heavy atom. The largest absolute Gasteiger partial charge is 0.364 e. The van der Waals surface area contributed by atoms with Gasteiger partial charge in [-0.3, -0.25) is 9.59 Å². The highest BCUT2D eigenvalue weighted by molar-refractivity contribution is 7.09. The summed E-state index contributed by atoms with van der Waals surface area (Å²) in [5.74, 6) is -0.413.